The average Bonchev–Trinajstić information content (AvgIpc) is 2.55. The molecule has 2 heterocycles. The first kappa shape index (κ1) is 16.6. The van der Waals surface area contributed by atoms with E-state index in [1.54, 1.807) is 6.07 Å². The predicted molar refractivity (Wildman–Crippen MR) is 87.1 cm³/mol. The van der Waals surface area contributed by atoms with E-state index in [0.717, 1.165) is 25.1 Å². The Bertz CT molecular complexity index is 559. The van der Waals surface area contributed by atoms with Crippen molar-refractivity contribution in [2.24, 2.45) is 0 Å². The number of rotatable bonds is 4. The monoisotopic (exact) mass is 339 g/mol. The fourth-order valence-electron chi connectivity index (χ4n) is 3.53. The summed E-state index contributed by atoms with van der Waals surface area (Å²) in [7, 11) is 0. The summed E-state index contributed by atoms with van der Waals surface area (Å²) in [4.78, 5) is 14.0. The zero-order valence-electron chi connectivity index (χ0n) is 13.0. The highest BCUT2D eigenvalue weighted by atomic mass is 35.5. The number of hydrogen-bond donors (Lipinski definition) is 1. The van der Waals surface area contributed by atoms with E-state index in [1.807, 2.05) is 18.2 Å². The van der Waals surface area contributed by atoms with Crippen LogP contribution in [0.25, 0.3) is 0 Å². The first-order valence-corrected chi connectivity index (χ1v) is 8.46. The molecule has 0 unspecified atom stereocenters. The zero-order chi connectivity index (χ0) is 16.3. The van der Waals surface area contributed by atoms with E-state index < -0.39 is 11.5 Å². The first-order chi connectivity index (χ1) is 11.1. The summed E-state index contributed by atoms with van der Waals surface area (Å²) in [5.41, 5.74) is -0.811. The Hall–Kier alpha value is -1.30. The average molecular weight is 340 g/mol. The van der Waals surface area contributed by atoms with Crippen molar-refractivity contribution in [1.29, 1.82) is 0 Å². The van der Waals surface area contributed by atoms with Crippen LogP contribution in [0.4, 0.5) is 0 Å². The Kier molecular flexibility index (Phi) is 5.09. The third-order valence-corrected chi connectivity index (χ3v) is 5.04. The summed E-state index contributed by atoms with van der Waals surface area (Å²) in [6.45, 7) is 2.42. The van der Waals surface area contributed by atoms with Gasteiger partial charge in [0, 0.05) is 24.8 Å². The van der Waals surface area contributed by atoms with E-state index in [-0.39, 0.29) is 6.10 Å². The number of halogens is 1. The second-order valence-corrected chi connectivity index (χ2v) is 6.67. The number of likely N-dealkylation sites (tertiary alicyclic amines) is 1. The molecule has 0 aromatic heterocycles. The third kappa shape index (κ3) is 3.62. The number of carboxylic acid groups (broad SMARTS) is 1. The molecule has 3 rings (SSSR count). The van der Waals surface area contributed by atoms with Crippen molar-refractivity contribution in [3.05, 3.63) is 29.3 Å². The maximum atomic E-state index is 11.9. The summed E-state index contributed by atoms with van der Waals surface area (Å²) in [5.74, 6) is -0.00934. The lowest BCUT2D eigenvalue weighted by Gasteiger charge is -2.46. The third-order valence-electron chi connectivity index (χ3n) is 4.80. The molecule has 0 spiro atoms. The lowest BCUT2D eigenvalue weighted by Crippen LogP contribution is -2.61. The molecule has 5 nitrogen and oxygen atoms in total. The summed E-state index contributed by atoms with van der Waals surface area (Å²) in [6.07, 6.45) is 2.91. The van der Waals surface area contributed by atoms with Gasteiger partial charge in [-0.2, -0.15) is 0 Å². The topological polar surface area (TPSA) is 59.0 Å². The smallest absolute Gasteiger partial charge is 0.324 e. The van der Waals surface area contributed by atoms with Crippen LogP contribution in [0.1, 0.15) is 25.7 Å². The standard InChI is InChI=1S/C17H22ClNO4/c18-13-3-1-4-14(11-13)23-15-5-2-8-19(12-15)17(16(20)21)6-9-22-10-7-17/h1,3-4,11,15H,2,5-10,12H2,(H,20,21)/t15-/m0/s1. The van der Waals surface area contributed by atoms with Gasteiger partial charge in [0.05, 0.1) is 0 Å². The summed E-state index contributed by atoms with van der Waals surface area (Å²) in [6, 6.07) is 7.34. The molecule has 0 saturated carbocycles. The molecule has 6 heteroatoms. The molecule has 1 N–H and O–H groups in total. The molecule has 0 amide bonds. The molecule has 1 aromatic rings. The molecule has 0 bridgehead atoms. The van der Waals surface area contributed by atoms with Crippen molar-refractivity contribution in [3.8, 4) is 5.75 Å². The van der Waals surface area contributed by atoms with Gasteiger partial charge < -0.3 is 14.6 Å². The predicted octanol–water partition coefficient (Wildman–Crippen LogP) is 2.82. The highest BCUT2D eigenvalue weighted by molar-refractivity contribution is 6.30. The van der Waals surface area contributed by atoms with Gasteiger partial charge >= 0.3 is 5.97 Å². The largest absolute Gasteiger partial charge is 0.489 e. The molecule has 1 atom stereocenters. The van der Waals surface area contributed by atoms with Gasteiger partial charge in [0.15, 0.2) is 0 Å². The number of carbonyl (C=O) groups is 1. The van der Waals surface area contributed by atoms with Crippen molar-refractivity contribution in [2.75, 3.05) is 26.3 Å². The van der Waals surface area contributed by atoms with Crippen molar-refractivity contribution in [2.45, 2.75) is 37.3 Å². The van der Waals surface area contributed by atoms with E-state index in [9.17, 15) is 9.90 Å². The van der Waals surface area contributed by atoms with Gasteiger partial charge in [0.2, 0.25) is 0 Å². The van der Waals surface area contributed by atoms with E-state index in [1.165, 1.54) is 0 Å². The molecule has 23 heavy (non-hydrogen) atoms. The van der Waals surface area contributed by atoms with Crippen LogP contribution in [0, 0.1) is 0 Å². The number of nitrogens with zero attached hydrogens (tertiary/aromatic N) is 1. The number of carboxylic acids is 1. The van der Waals surface area contributed by atoms with Crippen molar-refractivity contribution >= 4 is 17.6 Å². The normalized spacial score (nSPS) is 25.0. The maximum absolute atomic E-state index is 11.9. The molecule has 2 aliphatic rings. The second kappa shape index (κ2) is 7.07. The summed E-state index contributed by atoms with van der Waals surface area (Å²) in [5, 5.41) is 10.4. The fourth-order valence-corrected chi connectivity index (χ4v) is 3.71. The van der Waals surface area contributed by atoms with Gasteiger partial charge in [-0.25, -0.2) is 0 Å². The molecule has 2 saturated heterocycles. The minimum absolute atomic E-state index is 0.0127. The minimum atomic E-state index is -0.811. The molecular weight excluding hydrogens is 318 g/mol. The van der Waals surface area contributed by atoms with Gasteiger partial charge in [0.25, 0.3) is 0 Å². The maximum Gasteiger partial charge on any atom is 0.324 e. The highest BCUT2D eigenvalue weighted by Crippen LogP contribution is 2.32. The number of aliphatic carboxylic acids is 1. The lowest BCUT2D eigenvalue weighted by molar-refractivity contribution is -0.161. The van der Waals surface area contributed by atoms with E-state index >= 15 is 0 Å². The van der Waals surface area contributed by atoms with Crippen LogP contribution in [0.3, 0.4) is 0 Å². The molecule has 0 radical (unpaired) electrons. The van der Waals surface area contributed by atoms with Crippen LogP contribution in [-0.2, 0) is 9.53 Å². The molecule has 126 valence electrons. The van der Waals surface area contributed by atoms with E-state index in [0.29, 0.717) is 37.6 Å². The van der Waals surface area contributed by atoms with Gasteiger partial charge in [-0.3, -0.25) is 9.69 Å². The second-order valence-electron chi connectivity index (χ2n) is 6.23. The van der Waals surface area contributed by atoms with Crippen molar-refractivity contribution < 1.29 is 19.4 Å². The number of ether oxygens (including phenoxy) is 2. The minimum Gasteiger partial charge on any atom is -0.489 e. The van der Waals surface area contributed by atoms with Gasteiger partial charge in [-0.15, -0.1) is 0 Å². The van der Waals surface area contributed by atoms with Crippen molar-refractivity contribution in [1.82, 2.24) is 4.90 Å². The van der Waals surface area contributed by atoms with Crippen LogP contribution in [-0.4, -0.2) is 53.9 Å². The quantitative estimate of drug-likeness (QED) is 0.914. The van der Waals surface area contributed by atoms with Gasteiger partial charge in [-0.05, 0) is 50.4 Å². The van der Waals surface area contributed by atoms with Crippen LogP contribution in [0.15, 0.2) is 24.3 Å². The highest BCUT2D eigenvalue weighted by Gasteiger charge is 2.47. The van der Waals surface area contributed by atoms with Crippen LogP contribution < -0.4 is 4.74 Å². The van der Waals surface area contributed by atoms with E-state index in [2.05, 4.69) is 4.90 Å². The SMILES string of the molecule is O=C(O)C1(N2CCC[C@H](Oc3cccc(Cl)c3)C2)CCOCC1. The summed E-state index contributed by atoms with van der Waals surface area (Å²) >= 11 is 5.99. The Morgan fingerprint density at radius 1 is 1.39 bits per heavy atom. The lowest BCUT2D eigenvalue weighted by atomic mass is 9.86. The molecular formula is C17H22ClNO4. The molecule has 2 fully saturated rings. The van der Waals surface area contributed by atoms with Gasteiger partial charge in [0.1, 0.15) is 17.4 Å². The van der Waals surface area contributed by atoms with Crippen molar-refractivity contribution in [3.63, 3.8) is 0 Å². The first-order valence-electron chi connectivity index (χ1n) is 8.08. The van der Waals surface area contributed by atoms with Crippen LogP contribution >= 0.6 is 11.6 Å². The Balaban J connectivity index is 1.70. The number of hydrogen-bond acceptors (Lipinski definition) is 4. The molecule has 2 aliphatic heterocycles. The van der Waals surface area contributed by atoms with Gasteiger partial charge in [-0.1, -0.05) is 17.7 Å². The van der Waals surface area contributed by atoms with Crippen LogP contribution in [0.2, 0.25) is 5.02 Å². The molecule has 0 aliphatic carbocycles. The summed E-state index contributed by atoms with van der Waals surface area (Å²) < 4.78 is 11.4. The van der Waals surface area contributed by atoms with E-state index in [4.69, 9.17) is 21.1 Å². The molecule has 1 aromatic carbocycles. The fraction of sp³-hybridized carbons (Fsp3) is 0.588. The zero-order valence-corrected chi connectivity index (χ0v) is 13.8. The Morgan fingerprint density at radius 2 is 2.17 bits per heavy atom. The Labute approximate surface area is 141 Å². The Morgan fingerprint density at radius 3 is 2.87 bits per heavy atom. The number of piperidine rings is 1. The van der Waals surface area contributed by atoms with Crippen LogP contribution in [0.5, 0.6) is 5.75 Å². The number of benzene rings is 1.